The summed E-state index contributed by atoms with van der Waals surface area (Å²) in [4.78, 5) is 12.0. The molecule has 3 rings (SSSR count). The average molecular weight is 478 g/mol. The minimum absolute atomic E-state index is 0.0965. The summed E-state index contributed by atoms with van der Waals surface area (Å²) < 4.78 is 77.2. The highest BCUT2D eigenvalue weighted by Gasteiger charge is 2.33. The average Bonchev–Trinajstić information content (AvgIpc) is 2.68. The van der Waals surface area contributed by atoms with Crippen LogP contribution in [-0.4, -0.2) is 26.1 Å². The molecule has 2 aromatic rings. The number of hydrogen-bond acceptors (Lipinski definition) is 3. The maximum atomic E-state index is 13.4. The lowest BCUT2D eigenvalue weighted by Crippen LogP contribution is -2.38. The maximum Gasteiger partial charge on any atom is 0.416 e. The van der Waals surface area contributed by atoms with Crippen molar-refractivity contribution in [3.05, 3.63) is 64.4 Å². The van der Waals surface area contributed by atoms with Gasteiger partial charge < -0.3 is 5.32 Å². The van der Waals surface area contributed by atoms with Gasteiger partial charge >= 0.3 is 6.18 Å². The van der Waals surface area contributed by atoms with E-state index < -0.39 is 33.3 Å². The van der Waals surface area contributed by atoms with E-state index in [-0.39, 0.29) is 33.2 Å². The highest BCUT2D eigenvalue weighted by Crippen LogP contribution is 2.32. The molecule has 10 heteroatoms. The lowest BCUT2D eigenvalue weighted by Gasteiger charge is -2.29. The smallest absolute Gasteiger partial charge is 0.349 e. The first-order valence-electron chi connectivity index (χ1n) is 9.61. The van der Waals surface area contributed by atoms with Crippen molar-refractivity contribution in [1.82, 2.24) is 5.32 Å². The van der Waals surface area contributed by atoms with E-state index in [0.717, 1.165) is 24.3 Å². The number of benzene rings is 2. The van der Waals surface area contributed by atoms with Crippen LogP contribution in [0.2, 0.25) is 5.02 Å². The largest absolute Gasteiger partial charge is 0.416 e. The number of amides is 1. The van der Waals surface area contributed by atoms with E-state index in [4.69, 9.17) is 11.6 Å². The van der Waals surface area contributed by atoms with Gasteiger partial charge in [0.2, 0.25) is 0 Å². The van der Waals surface area contributed by atoms with Crippen LogP contribution >= 0.6 is 11.6 Å². The zero-order valence-electron chi connectivity index (χ0n) is 16.3. The van der Waals surface area contributed by atoms with Crippen LogP contribution in [0.1, 0.15) is 41.6 Å². The highest BCUT2D eigenvalue weighted by atomic mass is 35.5. The predicted molar refractivity (Wildman–Crippen MR) is 108 cm³/mol. The summed E-state index contributed by atoms with van der Waals surface area (Å²) in [6, 6.07) is 7.06. The molecule has 0 heterocycles. The Bertz CT molecular complexity index is 1040. The lowest BCUT2D eigenvalue weighted by atomic mass is 9.87. The van der Waals surface area contributed by atoms with Crippen molar-refractivity contribution in [1.29, 1.82) is 0 Å². The van der Waals surface area contributed by atoms with Gasteiger partial charge in [0.25, 0.3) is 5.91 Å². The van der Waals surface area contributed by atoms with Gasteiger partial charge in [-0.2, -0.15) is 13.2 Å². The molecule has 2 aromatic carbocycles. The first-order chi connectivity index (χ1) is 14.4. The second-order valence-electron chi connectivity index (χ2n) is 7.66. The normalized spacial score (nSPS) is 19.8. The Labute approximate surface area is 182 Å². The second-order valence-corrected chi connectivity index (χ2v) is 10.1. The van der Waals surface area contributed by atoms with Gasteiger partial charge in [-0.05, 0) is 68.0 Å². The van der Waals surface area contributed by atoms with Gasteiger partial charge in [-0.15, -0.1) is 0 Å². The molecule has 0 aliphatic heterocycles. The molecule has 168 valence electrons. The van der Waals surface area contributed by atoms with Crippen molar-refractivity contribution in [3.8, 4) is 0 Å². The summed E-state index contributed by atoms with van der Waals surface area (Å²) in [5.74, 6) is -1.58. The number of nitrogens with one attached hydrogen (secondary N) is 1. The summed E-state index contributed by atoms with van der Waals surface area (Å²) in [5, 5.41) is 2.90. The van der Waals surface area contributed by atoms with E-state index in [0.29, 0.717) is 31.7 Å². The predicted octanol–water partition coefficient (Wildman–Crippen LogP) is 5.26. The van der Waals surface area contributed by atoms with E-state index in [1.54, 1.807) is 0 Å². The van der Waals surface area contributed by atoms with E-state index >= 15 is 0 Å². The second kappa shape index (κ2) is 9.16. The minimum Gasteiger partial charge on any atom is -0.349 e. The van der Waals surface area contributed by atoms with E-state index in [9.17, 15) is 30.8 Å². The molecular formula is C21H20ClF4NO3S. The van der Waals surface area contributed by atoms with Crippen molar-refractivity contribution in [2.24, 2.45) is 5.92 Å². The van der Waals surface area contributed by atoms with Gasteiger partial charge in [-0.3, -0.25) is 4.79 Å². The van der Waals surface area contributed by atoms with Crippen LogP contribution in [0, 0.1) is 11.7 Å². The van der Waals surface area contributed by atoms with Crippen LogP contribution in [0.5, 0.6) is 0 Å². The Kier molecular flexibility index (Phi) is 6.95. The molecule has 31 heavy (non-hydrogen) atoms. The molecule has 1 fully saturated rings. The van der Waals surface area contributed by atoms with Gasteiger partial charge in [-0.1, -0.05) is 17.7 Å². The van der Waals surface area contributed by atoms with Crippen LogP contribution < -0.4 is 5.32 Å². The number of sulfone groups is 1. The van der Waals surface area contributed by atoms with Crippen LogP contribution in [0.25, 0.3) is 0 Å². The first kappa shape index (κ1) is 23.5. The molecule has 1 amide bonds. The molecule has 0 aromatic heterocycles. The van der Waals surface area contributed by atoms with Crippen LogP contribution in [0.4, 0.5) is 17.6 Å². The quantitative estimate of drug-likeness (QED) is 0.597. The van der Waals surface area contributed by atoms with E-state index in [2.05, 4.69) is 5.32 Å². The molecule has 0 saturated heterocycles. The minimum atomic E-state index is -4.62. The Balaban J connectivity index is 1.58. The number of rotatable bonds is 5. The van der Waals surface area contributed by atoms with Crippen LogP contribution in [-0.2, 0) is 16.0 Å². The Morgan fingerprint density at radius 1 is 1.06 bits per heavy atom. The van der Waals surface area contributed by atoms with Crippen LogP contribution in [0.3, 0.4) is 0 Å². The molecule has 1 aliphatic carbocycles. The number of carbonyl (C=O) groups excluding carboxylic acids is 1. The fraction of sp³-hybridized carbons (Fsp3) is 0.381. The number of carbonyl (C=O) groups is 1. The summed E-state index contributed by atoms with van der Waals surface area (Å²) in [5.41, 5.74) is -0.906. The molecular weight excluding hydrogens is 458 g/mol. The summed E-state index contributed by atoms with van der Waals surface area (Å²) >= 11 is 5.76. The third-order valence-electron chi connectivity index (χ3n) is 5.28. The molecule has 4 nitrogen and oxygen atoms in total. The lowest BCUT2D eigenvalue weighted by molar-refractivity contribution is -0.137. The molecule has 0 atom stereocenters. The van der Waals surface area contributed by atoms with Crippen molar-refractivity contribution in [2.45, 2.75) is 42.8 Å². The van der Waals surface area contributed by atoms with Crippen LogP contribution in [0.15, 0.2) is 47.4 Å². The molecule has 0 bridgehead atoms. The molecule has 1 saturated carbocycles. The molecule has 1 aliphatic rings. The van der Waals surface area contributed by atoms with E-state index in [1.807, 2.05) is 0 Å². The molecule has 0 radical (unpaired) electrons. The maximum absolute atomic E-state index is 13.4. The third-order valence-corrected chi connectivity index (χ3v) is 7.38. The van der Waals surface area contributed by atoms with E-state index in [1.165, 1.54) is 12.1 Å². The SMILES string of the molecule is O=C(N[C@H]1CC[C@H](CS(=O)(=O)c2cccc(C(F)(F)F)c2)CC1)c1cc(F)cc(Cl)c1. The fourth-order valence-electron chi connectivity index (χ4n) is 3.70. The highest BCUT2D eigenvalue weighted by molar-refractivity contribution is 7.91. The zero-order chi connectivity index (χ0) is 22.8. The van der Waals surface area contributed by atoms with Crippen molar-refractivity contribution in [2.75, 3.05) is 5.75 Å². The van der Waals surface area contributed by atoms with Gasteiger partial charge in [0.05, 0.1) is 16.2 Å². The summed E-state index contributed by atoms with van der Waals surface area (Å²) in [6.45, 7) is 0. The Morgan fingerprint density at radius 3 is 2.35 bits per heavy atom. The van der Waals surface area contributed by atoms with Gasteiger partial charge in [0.1, 0.15) is 5.82 Å². The molecule has 0 spiro atoms. The Hall–Kier alpha value is -2.13. The van der Waals surface area contributed by atoms with Crippen molar-refractivity contribution < 1.29 is 30.8 Å². The fourth-order valence-corrected chi connectivity index (χ4v) is 5.66. The molecule has 1 N–H and O–H groups in total. The zero-order valence-corrected chi connectivity index (χ0v) is 17.8. The topological polar surface area (TPSA) is 63.2 Å². The van der Waals surface area contributed by atoms with Crippen molar-refractivity contribution in [3.63, 3.8) is 0 Å². The van der Waals surface area contributed by atoms with Gasteiger partial charge in [-0.25, -0.2) is 12.8 Å². The summed E-state index contributed by atoms with van der Waals surface area (Å²) in [6.07, 6.45) is -2.61. The van der Waals surface area contributed by atoms with Gasteiger partial charge in [0.15, 0.2) is 9.84 Å². The monoisotopic (exact) mass is 477 g/mol. The Morgan fingerprint density at radius 2 is 1.74 bits per heavy atom. The van der Waals surface area contributed by atoms with Gasteiger partial charge in [0, 0.05) is 16.6 Å². The number of halogens is 5. The summed E-state index contributed by atoms with van der Waals surface area (Å²) in [7, 11) is -3.88. The van der Waals surface area contributed by atoms with Crippen molar-refractivity contribution >= 4 is 27.3 Å². The molecule has 0 unspecified atom stereocenters. The number of hydrogen-bond donors (Lipinski definition) is 1. The first-order valence-corrected chi connectivity index (χ1v) is 11.6. The number of alkyl halides is 3. The third kappa shape index (κ3) is 6.20. The standard InChI is InChI=1S/C21H20ClF4NO3S/c22-16-8-14(9-17(23)11-16)20(28)27-18-6-4-13(5-7-18)12-31(29,30)19-3-1-2-15(10-19)21(24,25)26/h1-3,8-11,13,18H,4-7,12H2,(H,27,28)/t13-,18-.